The summed E-state index contributed by atoms with van der Waals surface area (Å²) in [5.41, 5.74) is 0. The summed E-state index contributed by atoms with van der Waals surface area (Å²) in [5, 5.41) is 8.61. The first kappa shape index (κ1) is 16.0. The van der Waals surface area contributed by atoms with Gasteiger partial charge < -0.3 is 5.11 Å². The van der Waals surface area contributed by atoms with Gasteiger partial charge in [-0.1, -0.05) is 0 Å². The minimum absolute atomic E-state index is 0.375. The molecule has 0 aliphatic carbocycles. The molecule has 2 heteroatoms. The van der Waals surface area contributed by atoms with E-state index in [-0.39, 0.29) is 0 Å². The molecule has 0 spiro atoms. The van der Waals surface area contributed by atoms with Gasteiger partial charge in [-0.25, -0.2) is 0 Å². The molecule has 0 amide bonds. The van der Waals surface area contributed by atoms with E-state index in [0.717, 1.165) is 6.42 Å². The van der Waals surface area contributed by atoms with Crippen LogP contribution in [0.2, 0.25) is 3.67 Å². The molecule has 15 heavy (non-hydrogen) atoms. The van der Waals surface area contributed by atoms with Gasteiger partial charge in [-0.2, -0.15) is 0 Å². The molecule has 0 atom stereocenters. The van der Waals surface area contributed by atoms with Crippen LogP contribution in [0, 0.1) is 0 Å². The summed E-state index contributed by atoms with van der Waals surface area (Å²) in [4.78, 5) is 0. The van der Waals surface area contributed by atoms with Gasteiger partial charge in [0.05, 0.1) is 0 Å². The minimum atomic E-state index is 0.375. The number of rotatable bonds is 12. The summed E-state index contributed by atoms with van der Waals surface area (Å²) in [6.45, 7) is 0.375. The second kappa shape index (κ2) is 15.0. The standard InChI is InChI=1S/C13H27O.Na/c1-2-3-4-5-6-7-8-9-10-11-12-13-14;/h14H,1-13H2;. The van der Waals surface area contributed by atoms with Gasteiger partial charge in [0.25, 0.3) is 0 Å². The van der Waals surface area contributed by atoms with Crippen LogP contribution in [0.4, 0.5) is 0 Å². The van der Waals surface area contributed by atoms with Crippen molar-refractivity contribution < 1.29 is 5.11 Å². The van der Waals surface area contributed by atoms with Crippen LogP contribution in [0.15, 0.2) is 0 Å². The summed E-state index contributed by atoms with van der Waals surface area (Å²) in [7, 11) is 0. The second-order valence-corrected chi connectivity index (χ2v) is 5.61. The van der Waals surface area contributed by atoms with Gasteiger partial charge in [0, 0.05) is 6.61 Å². The molecule has 1 nitrogen and oxygen atoms in total. The first-order valence-electron chi connectivity index (χ1n) is 7.02. The molecule has 0 aromatic heterocycles. The van der Waals surface area contributed by atoms with E-state index in [0.29, 0.717) is 6.61 Å². The third-order valence-electron chi connectivity index (χ3n) is 3.01. The van der Waals surface area contributed by atoms with Crippen molar-refractivity contribution in [2.24, 2.45) is 0 Å². The van der Waals surface area contributed by atoms with Crippen molar-refractivity contribution in [3.05, 3.63) is 0 Å². The normalized spacial score (nSPS) is 10.9. The van der Waals surface area contributed by atoms with E-state index in [4.69, 9.17) is 5.11 Å². The predicted molar refractivity (Wildman–Crippen MR) is 68.4 cm³/mol. The van der Waals surface area contributed by atoms with Crippen molar-refractivity contribution >= 4 is 27.9 Å². The summed E-state index contributed by atoms with van der Waals surface area (Å²) in [6, 6.07) is 0. The Morgan fingerprint density at radius 2 is 0.867 bits per heavy atom. The van der Waals surface area contributed by atoms with Gasteiger partial charge in [-0.15, -0.1) is 0 Å². The summed E-state index contributed by atoms with van der Waals surface area (Å²) >= 11 is 1.39. The van der Waals surface area contributed by atoms with Gasteiger partial charge in [0.2, 0.25) is 0 Å². The molecular formula is C13H27NaO. The molecule has 0 bridgehead atoms. The molecule has 0 aliphatic rings. The number of aliphatic hydroxyl groups is 1. The molecule has 0 saturated carbocycles. The Kier molecular flexibility index (Phi) is 15.9. The second-order valence-electron chi connectivity index (χ2n) is 4.61. The van der Waals surface area contributed by atoms with Gasteiger partial charge in [-0.05, 0) is 0 Å². The SMILES string of the molecule is OCCCCCCCCCCCC[CH2][Na]. The summed E-state index contributed by atoms with van der Waals surface area (Å²) in [5.74, 6) is 0. The van der Waals surface area contributed by atoms with Gasteiger partial charge >= 0.3 is 102 Å². The van der Waals surface area contributed by atoms with Crippen LogP contribution in [0.25, 0.3) is 0 Å². The van der Waals surface area contributed by atoms with Crippen LogP contribution < -0.4 is 0 Å². The Hall–Kier alpha value is 0.960. The van der Waals surface area contributed by atoms with E-state index in [1.807, 2.05) is 0 Å². The van der Waals surface area contributed by atoms with E-state index in [2.05, 4.69) is 0 Å². The first-order valence-corrected chi connectivity index (χ1v) is 8.44. The summed E-state index contributed by atoms with van der Waals surface area (Å²) in [6.07, 6.45) is 15.1. The molecule has 1 N–H and O–H groups in total. The molecule has 0 unspecified atom stereocenters. The van der Waals surface area contributed by atoms with Crippen molar-refractivity contribution in [1.82, 2.24) is 0 Å². The van der Waals surface area contributed by atoms with Crippen molar-refractivity contribution in [1.29, 1.82) is 0 Å². The fraction of sp³-hybridized carbons (Fsp3) is 1.00. The van der Waals surface area contributed by atoms with Crippen molar-refractivity contribution in [2.75, 3.05) is 6.61 Å². The van der Waals surface area contributed by atoms with Crippen LogP contribution in [-0.4, -0.2) is 39.6 Å². The fourth-order valence-corrected chi connectivity index (χ4v) is 2.45. The van der Waals surface area contributed by atoms with Gasteiger partial charge in [-0.3, -0.25) is 0 Å². The van der Waals surface area contributed by atoms with Crippen molar-refractivity contribution in [3.63, 3.8) is 0 Å². The molecule has 0 aliphatic heterocycles. The van der Waals surface area contributed by atoms with Crippen molar-refractivity contribution in [3.8, 4) is 0 Å². The average molecular weight is 222 g/mol. The molecule has 0 saturated heterocycles. The number of aliphatic hydroxyl groups excluding tert-OH is 1. The molecule has 0 aromatic carbocycles. The third kappa shape index (κ3) is 15.0. The zero-order chi connectivity index (χ0) is 11.2. The molecule has 0 aromatic rings. The van der Waals surface area contributed by atoms with Gasteiger partial charge in [0.15, 0.2) is 0 Å². The molecule has 0 rings (SSSR count). The zero-order valence-corrected chi connectivity index (χ0v) is 12.6. The van der Waals surface area contributed by atoms with E-state index < -0.39 is 0 Å². The van der Waals surface area contributed by atoms with Crippen molar-refractivity contribution in [2.45, 2.75) is 74.3 Å². The number of unbranched alkanes of at least 4 members (excludes halogenated alkanes) is 10. The van der Waals surface area contributed by atoms with Gasteiger partial charge in [0.1, 0.15) is 0 Å². The third-order valence-corrected chi connectivity index (χ3v) is 3.72. The number of hydrogen-bond acceptors (Lipinski definition) is 1. The van der Waals surface area contributed by atoms with E-state index in [1.54, 1.807) is 0 Å². The monoisotopic (exact) mass is 222 g/mol. The maximum atomic E-state index is 8.61. The Morgan fingerprint density at radius 1 is 0.533 bits per heavy atom. The average Bonchev–Trinajstić information content (AvgIpc) is 2.26. The van der Waals surface area contributed by atoms with Crippen LogP contribution in [-0.2, 0) is 0 Å². The molecule has 0 fully saturated rings. The van der Waals surface area contributed by atoms with E-state index in [1.165, 1.54) is 95.8 Å². The van der Waals surface area contributed by atoms with Crippen LogP contribution in [0.5, 0.6) is 0 Å². The van der Waals surface area contributed by atoms with Crippen LogP contribution in [0.1, 0.15) is 70.6 Å². The molecule has 86 valence electrons. The molecule has 0 radical (unpaired) electrons. The number of hydrogen-bond donors (Lipinski definition) is 1. The Labute approximate surface area is 113 Å². The van der Waals surface area contributed by atoms with Crippen LogP contribution >= 0.6 is 0 Å². The molecular weight excluding hydrogens is 195 g/mol. The van der Waals surface area contributed by atoms with Crippen LogP contribution in [0.3, 0.4) is 0 Å². The predicted octanol–water partition coefficient (Wildman–Crippen LogP) is 3.86. The topological polar surface area (TPSA) is 20.2 Å². The molecule has 0 heterocycles. The first-order chi connectivity index (χ1) is 7.41. The fourth-order valence-electron chi connectivity index (χ4n) is 1.95. The Balaban J connectivity index is 2.81. The van der Waals surface area contributed by atoms with E-state index >= 15 is 0 Å². The summed E-state index contributed by atoms with van der Waals surface area (Å²) < 4.78 is 1.49. The Bertz CT molecular complexity index is 94.7. The maximum absolute atomic E-state index is 8.61. The van der Waals surface area contributed by atoms with E-state index in [9.17, 15) is 0 Å². The zero-order valence-electron chi connectivity index (χ0n) is 10.6. The Morgan fingerprint density at radius 3 is 1.20 bits per heavy atom. The quantitative estimate of drug-likeness (QED) is 0.393.